The Kier molecular flexibility index (Phi) is 3.94. The minimum absolute atomic E-state index is 0.0603. The summed E-state index contributed by atoms with van der Waals surface area (Å²) in [4.78, 5) is 13.8. The summed E-state index contributed by atoms with van der Waals surface area (Å²) >= 11 is 0. The molecule has 130 valence electrons. The summed E-state index contributed by atoms with van der Waals surface area (Å²) in [5.74, 6) is 0.0147. The molecule has 3 aromatic heterocycles. The van der Waals surface area contributed by atoms with Crippen molar-refractivity contribution in [3.05, 3.63) is 51.8 Å². The Hall–Kier alpha value is -3.31. The van der Waals surface area contributed by atoms with E-state index in [-0.39, 0.29) is 24.0 Å². The van der Waals surface area contributed by atoms with Crippen LogP contribution in [0, 0.1) is 17.0 Å². The van der Waals surface area contributed by atoms with Crippen LogP contribution in [0.4, 0.5) is 18.9 Å². The molecule has 0 saturated heterocycles. The van der Waals surface area contributed by atoms with Crippen LogP contribution < -0.4 is 0 Å². The molecular formula is C13H9F3N6O3. The van der Waals surface area contributed by atoms with E-state index in [1.165, 1.54) is 6.20 Å². The van der Waals surface area contributed by atoms with Crippen LogP contribution in [0.25, 0.3) is 11.6 Å². The number of pyridine rings is 1. The predicted molar refractivity (Wildman–Crippen MR) is 75.3 cm³/mol. The molecule has 0 saturated carbocycles. The van der Waals surface area contributed by atoms with Gasteiger partial charge in [-0.05, 0) is 19.1 Å². The first-order valence-electron chi connectivity index (χ1n) is 6.80. The molecule has 0 amide bonds. The van der Waals surface area contributed by atoms with E-state index in [1.54, 1.807) is 18.2 Å². The molecule has 0 unspecified atom stereocenters. The van der Waals surface area contributed by atoms with E-state index in [4.69, 9.17) is 4.42 Å². The van der Waals surface area contributed by atoms with Crippen LogP contribution in [0.15, 0.2) is 28.8 Å². The third kappa shape index (κ3) is 3.18. The fraction of sp³-hybridized carbons (Fsp3) is 0.231. The normalized spacial score (nSPS) is 11.7. The van der Waals surface area contributed by atoms with Crippen molar-refractivity contribution >= 4 is 5.69 Å². The van der Waals surface area contributed by atoms with Crippen LogP contribution in [0.1, 0.15) is 17.3 Å². The topological polar surface area (TPSA) is 113 Å². The second kappa shape index (κ2) is 5.96. The minimum Gasteiger partial charge on any atom is -0.417 e. The molecule has 0 aliphatic carbocycles. The molecule has 3 rings (SSSR count). The lowest BCUT2D eigenvalue weighted by Crippen LogP contribution is -2.10. The Morgan fingerprint density at radius 3 is 2.64 bits per heavy atom. The van der Waals surface area contributed by atoms with Gasteiger partial charge in [-0.25, -0.2) is 0 Å². The summed E-state index contributed by atoms with van der Waals surface area (Å²) in [6.07, 6.45) is -3.44. The van der Waals surface area contributed by atoms with Crippen molar-refractivity contribution in [2.45, 2.75) is 19.6 Å². The molecule has 3 aromatic rings. The largest absolute Gasteiger partial charge is 0.442 e. The molecule has 0 bridgehead atoms. The number of hydrogen-bond acceptors (Lipinski definition) is 7. The molecular weight excluding hydrogens is 345 g/mol. The predicted octanol–water partition coefficient (Wildman–Crippen LogP) is 2.61. The molecule has 25 heavy (non-hydrogen) atoms. The van der Waals surface area contributed by atoms with Crippen molar-refractivity contribution in [3.8, 4) is 11.6 Å². The van der Waals surface area contributed by atoms with E-state index < -0.39 is 22.5 Å². The van der Waals surface area contributed by atoms with Crippen LogP contribution in [0.5, 0.6) is 0 Å². The summed E-state index contributed by atoms with van der Waals surface area (Å²) in [5.41, 5.74) is -2.55. The van der Waals surface area contributed by atoms with E-state index >= 15 is 0 Å². The standard InChI is InChI=1S/C13H9F3N6O3/c1-7-10(22(23)24)11(13(14,15)16)20-21(7)6-9-18-19-12(25-9)8-4-2-3-5-17-8/h2-5H,6H2,1H3. The van der Waals surface area contributed by atoms with Crippen LogP contribution >= 0.6 is 0 Å². The Morgan fingerprint density at radius 1 is 1.32 bits per heavy atom. The third-order valence-electron chi connectivity index (χ3n) is 3.26. The monoisotopic (exact) mass is 354 g/mol. The van der Waals surface area contributed by atoms with Crippen LogP contribution in [0.2, 0.25) is 0 Å². The van der Waals surface area contributed by atoms with Gasteiger partial charge < -0.3 is 4.42 Å². The molecule has 0 aliphatic heterocycles. The Labute approximate surface area is 137 Å². The molecule has 12 heteroatoms. The Morgan fingerprint density at radius 2 is 2.08 bits per heavy atom. The van der Waals surface area contributed by atoms with Crippen molar-refractivity contribution in [2.24, 2.45) is 0 Å². The highest BCUT2D eigenvalue weighted by atomic mass is 19.4. The zero-order valence-corrected chi connectivity index (χ0v) is 12.6. The molecule has 0 spiro atoms. The first kappa shape index (κ1) is 16.5. The number of nitrogens with zero attached hydrogens (tertiary/aromatic N) is 6. The lowest BCUT2D eigenvalue weighted by molar-refractivity contribution is -0.388. The van der Waals surface area contributed by atoms with Gasteiger partial charge in [-0.1, -0.05) is 6.07 Å². The number of rotatable bonds is 4. The quantitative estimate of drug-likeness (QED) is 0.523. The maximum Gasteiger partial charge on any atom is 0.442 e. The highest BCUT2D eigenvalue weighted by Crippen LogP contribution is 2.37. The summed E-state index contributed by atoms with van der Waals surface area (Å²) in [6.45, 7) is 0.818. The number of hydrogen-bond donors (Lipinski definition) is 0. The van der Waals surface area contributed by atoms with Gasteiger partial charge in [-0.3, -0.25) is 19.8 Å². The molecule has 3 heterocycles. The van der Waals surface area contributed by atoms with Crippen molar-refractivity contribution < 1.29 is 22.5 Å². The first-order chi connectivity index (χ1) is 11.8. The Balaban J connectivity index is 1.94. The molecule has 0 radical (unpaired) electrons. The van der Waals surface area contributed by atoms with Gasteiger partial charge in [0.25, 0.3) is 5.89 Å². The molecule has 0 aromatic carbocycles. The second-order valence-corrected chi connectivity index (χ2v) is 4.91. The summed E-state index contributed by atoms with van der Waals surface area (Å²) in [5, 5.41) is 21.7. The van der Waals surface area contributed by atoms with Crippen molar-refractivity contribution in [3.63, 3.8) is 0 Å². The van der Waals surface area contributed by atoms with E-state index in [1.807, 2.05) is 0 Å². The Bertz CT molecular complexity index is 919. The zero-order chi connectivity index (χ0) is 18.2. The lowest BCUT2D eigenvalue weighted by Gasteiger charge is -2.00. The van der Waals surface area contributed by atoms with Gasteiger partial charge in [0, 0.05) is 6.20 Å². The van der Waals surface area contributed by atoms with Gasteiger partial charge >= 0.3 is 11.9 Å². The van der Waals surface area contributed by atoms with Gasteiger partial charge in [0.1, 0.15) is 17.9 Å². The number of aromatic nitrogens is 5. The van der Waals surface area contributed by atoms with Crippen LogP contribution in [-0.2, 0) is 12.7 Å². The van der Waals surface area contributed by atoms with Gasteiger partial charge in [0.15, 0.2) is 0 Å². The smallest absolute Gasteiger partial charge is 0.417 e. The zero-order valence-electron chi connectivity index (χ0n) is 12.6. The van der Waals surface area contributed by atoms with Crippen molar-refractivity contribution in [1.82, 2.24) is 25.0 Å². The van der Waals surface area contributed by atoms with Gasteiger partial charge in [0.05, 0.1) is 4.92 Å². The van der Waals surface area contributed by atoms with Crippen LogP contribution in [-0.4, -0.2) is 29.9 Å². The van der Waals surface area contributed by atoms with Gasteiger partial charge in [-0.15, -0.1) is 10.2 Å². The number of nitro groups is 1. The average Bonchev–Trinajstić information content (AvgIpc) is 3.14. The first-order valence-corrected chi connectivity index (χ1v) is 6.80. The van der Waals surface area contributed by atoms with Gasteiger partial charge in [0.2, 0.25) is 11.6 Å². The second-order valence-electron chi connectivity index (χ2n) is 4.91. The number of halogens is 3. The van der Waals surface area contributed by atoms with Crippen molar-refractivity contribution in [2.75, 3.05) is 0 Å². The fourth-order valence-corrected chi connectivity index (χ4v) is 2.14. The van der Waals surface area contributed by atoms with Crippen LogP contribution in [0.3, 0.4) is 0 Å². The number of alkyl halides is 3. The molecule has 0 fully saturated rings. The van der Waals surface area contributed by atoms with E-state index in [2.05, 4.69) is 20.3 Å². The maximum atomic E-state index is 12.9. The van der Waals surface area contributed by atoms with Gasteiger partial charge in [-0.2, -0.15) is 18.3 Å². The lowest BCUT2D eigenvalue weighted by atomic mass is 10.3. The minimum atomic E-state index is -4.95. The SMILES string of the molecule is Cc1c([N+](=O)[O-])c(C(F)(F)F)nn1Cc1nnc(-c2ccccn2)o1. The van der Waals surface area contributed by atoms with E-state index in [0.29, 0.717) is 5.69 Å². The van der Waals surface area contributed by atoms with E-state index in [9.17, 15) is 23.3 Å². The highest BCUT2D eigenvalue weighted by molar-refractivity contribution is 5.45. The van der Waals surface area contributed by atoms with Crippen molar-refractivity contribution in [1.29, 1.82) is 0 Å². The molecule has 0 N–H and O–H groups in total. The summed E-state index contributed by atoms with van der Waals surface area (Å²) in [7, 11) is 0. The summed E-state index contributed by atoms with van der Waals surface area (Å²) in [6, 6.07) is 5.00. The highest BCUT2D eigenvalue weighted by Gasteiger charge is 2.44. The van der Waals surface area contributed by atoms with E-state index in [0.717, 1.165) is 11.6 Å². The fourth-order valence-electron chi connectivity index (χ4n) is 2.14. The molecule has 0 aliphatic rings. The third-order valence-corrected chi connectivity index (χ3v) is 3.26. The molecule has 0 atom stereocenters. The summed E-state index contributed by atoms with van der Waals surface area (Å²) < 4.78 is 44.9. The maximum absolute atomic E-state index is 12.9. The molecule has 9 nitrogen and oxygen atoms in total. The average molecular weight is 354 g/mol.